The summed E-state index contributed by atoms with van der Waals surface area (Å²) < 4.78 is 21.4. The van der Waals surface area contributed by atoms with Gasteiger partial charge in [0.1, 0.15) is 0 Å². The van der Waals surface area contributed by atoms with E-state index in [0.717, 1.165) is 19.4 Å². The van der Waals surface area contributed by atoms with Crippen molar-refractivity contribution in [3.05, 3.63) is 0 Å². The van der Waals surface area contributed by atoms with Crippen LogP contribution < -0.4 is 0 Å². The van der Waals surface area contributed by atoms with Crippen LogP contribution in [0.15, 0.2) is 0 Å². The summed E-state index contributed by atoms with van der Waals surface area (Å²) in [7, 11) is 1.78. The van der Waals surface area contributed by atoms with Crippen LogP contribution >= 0.6 is 0 Å². The second-order valence-corrected chi connectivity index (χ2v) is 4.82. The molecule has 1 N–H and O–H groups in total. The summed E-state index contributed by atoms with van der Waals surface area (Å²) in [5.74, 6) is 0. The number of hydroxylamine groups is 2. The van der Waals surface area contributed by atoms with E-state index in [1.807, 2.05) is 0 Å². The molecule has 0 heterocycles. The largest absolute Gasteiger partial charge is 0.379 e. The van der Waals surface area contributed by atoms with Crippen LogP contribution in [0.1, 0.15) is 19.8 Å². The summed E-state index contributed by atoms with van der Waals surface area (Å²) in [4.78, 5) is 9.32. The predicted octanol–water partition coefficient (Wildman–Crippen LogP) is 1.21. The van der Waals surface area contributed by atoms with Crippen molar-refractivity contribution in [2.24, 2.45) is 0 Å². The van der Waals surface area contributed by atoms with Gasteiger partial charge in [-0.3, -0.25) is 10.1 Å². The fourth-order valence-electron chi connectivity index (χ4n) is 1.52. The zero-order valence-electron chi connectivity index (χ0n) is 14.5. The molecule has 0 aromatic carbocycles. The SMILES string of the molecule is CCCOCCOCCOCCOCCCON(C)CCOO. The summed E-state index contributed by atoms with van der Waals surface area (Å²) in [6.45, 7) is 8.31. The highest BCUT2D eigenvalue weighted by molar-refractivity contribution is 4.38. The third-order valence-corrected chi connectivity index (χ3v) is 2.71. The Bertz CT molecular complexity index is 222. The molecule has 0 saturated carbocycles. The highest BCUT2D eigenvalue weighted by atomic mass is 17.1. The molecule has 0 fully saturated rings. The van der Waals surface area contributed by atoms with Gasteiger partial charge in [0.15, 0.2) is 0 Å². The second-order valence-electron chi connectivity index (χ2n) is 4.82. The molecule has 0 aliphatic rings. The van der Waals surface area contributed by atoms with Gasteiger partial charge < -0.3 is 18.9 Å². The molecule has 8 heteroatoms. The molecule has 0 saturated heterocycles. The Kier molecular flexibility index (Phi) is 19.5. The van der Waals surface area contributed by atoms with Gasteiger partial charge in [-0.15, -0.1) is 0 Å². The number of ether oxygens (including phenoxy) is 4. The van der Waals surface area contributed by atoms with Crippen LogP contribution in [0, 0.1) is 0 Å². The smallest absolute Gasteiger partial charge is 0.0969 e. The molecule has 0 unspecified atom stereocenters. The van der Waals surface area contributed by atoms with E-state index in [9.17, 15) is 0 Å². The zero-order chi connectivity index (χ0) is 17.0. The quantitative estimate of drug-likeness (QED) is 0.214. The number of hydrogen-bond donors (Lipinski definition) is 1. The molecule has 8 nitrogen and oxygen atoms in total. The van der Waals surface area contributed by atoms with Gasteiger partial charge in [0.25, 0.3) is 0 Å². The lowest BCUT2D eigenvalue weighted by Crippen LogP contribution is -2.24. The zero-order valence-corrected chi connectivity index (χ0v) is 14.5. The topological polar surface area (TPSA) is 78.9 Å². The molecule has 0 aromatic heterocycles. The fraction of sp³-hybridized carbons (Fsp3) is 1.00. The van der Waals surface area contributed by atoms with Gasteiger partial charge in [0.05, 0.1) is 59.4 Å². The van der Waals surface area contributed by atoms with Crippen molar-refractivity contribution in [3.63, 3.8) is 0 Å². The van der Waals surface area contributed by atoms with E-state index in [1.54, 1.807) is 12.1 Å². The maximum Gasteiger partial charge on any atom is 0.0969 e. The van der Waals surface area contributed by atoms with Gasteiger partial charge >= 0.3 is 0 Å². The molecular formula is C15H33NO7. The standard InChI is InChI=1S/C15H33NO7/c1-3-6-18-10-12-20-14-15-21-13-11-19-7-4-8-22-16(2)5-9-23-17/h17H,3-15H2,1-2H3. The van der Waals surface area contributed by atoms with Crippen molar-refractivity contribution in [1.29, 1.82) is 0 Å². The molecule has 23 heavy (non-hydrogen) atoms. The van der Waals surface area contributed by atoms with Crippen molar-refractivity contribution < 1.29 is 33.9 Å². The molecule has 0 amide bonds. The number of rotatable bonds is 19. The normalized spacial score (nSPS) is 11.5. The molecular weight excluding hydrogens is 306 g/mol. The summed E-state index contributed by atoms with van der Waals surface area (Å²) in [5.41, 5.74) is 0. The predicted molar refractivity (Wildman–Crippen MR) is 85.3 cm³/mol. The Labute approximate surface area is 139 Å². The van der Waals surface area contributed by atoms with E-state index >= 15 is 0 Å². The van der Waals surface area contributed by atoms with Crippen LogP contribution in [0.4, 0.5) is 0 Å². The summed E-state index contributed by atoms with van der Waals surface area (Å²) in [6, 6.07) is 0. The van der Waals surface area contributed by atoms with Gasteiger partial charge in [-0.25, -0.2) is 4.89 Å². The fourth-order valence-corrected chi connectivity index (χ4v) is 1.52. The number of hydrogen-bond acceptors (Lipinski definition) is 8. The Hall–Kier alpha value is -0.320. The minimum atomic E-state index is 0.222. The maximum absolute atomic E-state index is 8.19. The van der Waals surface area contributed by atoms with E-state index < -0.39 is 0 Å². The Morgan fingerprint density at radius 1 is 0.696 bits per heavy atom. The van der Waals surface area contributed by atoms with Crippen molar-refractivity contribution in [1.82, 2.24) is 5.06 Å². The Morgan fingerprint density at radius 2 is 1.22 bits per heavy atom. The van der Waals surface area contributed by atoms with Crippen LogP contribution in [0.5, 0.6) is 0 Å². The first-order valence-electron chi connectivity index (χ1n) is 8.22. The molecule has 0 bridgehead atoms. The first kappa shape index (κ1) is 22.7. The van der Waals surface area contributed by atoms with E-state index in [4.69, 9.17) is 29.0 Å². The van der Waals surface area contributed by atoms with E-state index in [0.29, 0.717) is 59.4 Å². The second kappa shape index (κ2) is 19.7. The Morgan fingerprint density at radius 3 is 1.74 bits per heavy atom. The lowest BCUT2D eigenvalue weighted by atomic mass is 10.5. The molecule has 0 rings (SSSR count). The number of nitrogens with zero attached hydrogens (tertiary/aromatic N) is 1. The van der Waals surface area contributed by atoms with E-state index in [1.165, 1.54) is 0 Å². The maximum atomic E-state index is 8.19. The van der Waals surface area contributed by atoms with Crippen molar-refractivity contribution >= 4 is 0 Å². The van der Waals surface area contributed by atoms with Gasteiger partial charge in [-0.2, -0.15) is 5.06 Å². The van der Waals surface area contributed by atoms with Crippen molar-refractivity contribution in [3.8, 4) is 0 Å². The summed E-state index contributed by atoms with van der Waals surface area (Å²) in [5, 5.41) is 9.81. The molecule has 0 spiro atoms. The third kappa shape index (κ3) is 19.6. The minimum Gasteiger partial charge on any atom is -0.379 e. The van der Waals surface area contributed by atoms with Crippen LogP contribution in [-0.2, 0) is 28.7 Å². The molecule has 0 aromatic rings. The van der Waals surface area contributed by atoms with Gasteiger partial charge in [0.2, 0.25) is 0 Å². The molecule has 0 aliphatic carbocycles. The van der Waals surface area contributed by atoms with E-state index in [-0.39, 0.29) is 6.61 Å². The van der Waals surface area contributed by atoms with Gasteiger partial charge in [-0.1, -0.05) is 6.92 Å². The molecule has 0 radical (unpaired) electrons. The lowest BCUT2D eigenvalue weighted by molar-refractivity contribution is -0.257. The van der Waals surface area contributed by atoms with Crippen LogP contribution in [0.25, 0.3) is 0 Å². The highest BCUT2D eigenvalue weighted by Gasteiger charge is 1.98. The van der Waals surface area contributed by atoms with Crippen molar-refractivity contribution in [2.45, 2.75) is 19.8 Å². The lowest BCUT2D eigenvalue weighted by Gasteiger charge is -2.15. The average Bonchev–Trinajstić information content (AvgIpc) is 2.56. The first-order valence-corrected chi connectivity index (χ1v) is 8.22. The van der Waals surface area contributed by atoms with E-state index in [2.05, 4.69) is 11.8 Å². The third-order valence-electron chi connectivity index (χ3n) is 2.71. The van der Waals surface area contributed by atoms with Crippen LogP contribution in [-0.4, -0.2) is 90.0 Å². The summed E-state index contributed by atoms with van der Waals surface area (Å²) in [6.07, 6.45) is 1.83. The number of likely N-dealkylation sites (N-methyl/N-ethyl adjacent to an activating group) is 1. The molecule has 0 atom stereocenters. The van der Waals surface area contributed by atoms with Gasteiger partial charge in [-0.05, 0) is 12.8 Å². The molecule has 0 aliphatic heterocycles. The highest BCUT2D eigenvalue weighted by Crippen LogP contribution is 1.90. The summed E-state index contributed by atoms with van der Waals surface area (Å²) >= 11 is 0. The van der Waals surface area contributed by atoms with Crippen LogP contribution in [0.3, 0.4) is 0 Å². The monoisotopic (exact) mass is 339 g/mol. The first-order chi connectivity index (χ1) is 11.3. The molecule has 140 valence electrons. The van der Waals surface area contributed by atoms with Crippen molar-refractivity contribution in [2.75, 3.05) is 79.7 Å². The van der Waals surface area contributed by atoms with Crippen LogP contribution in [0.2, 0.25) is 0 Å². The Balaban J connectivity index is 3.02. The van der Waals surface area contributed by atoms with Gasteiger partial charge in [0, 0.05) is 20.3 Å². The minimum absolute atomic E-state index is 0.222. The average molecular weight is 339 g/mol.